The molecule has 1 saturated heterocycles. The molecule has 0 bridgehead atoms. The van der Waals surface area contributed by atoms with Crippen LogP contribution in [-0.4, -0.2) is 48.3 Å². The maximum Gasteiger partial charge on any atom is 0.0597 e. The zero-order chi connectivity index (χ0) is 11.4. The third-order valence-electron chi connectivity index (χ3n) is 4.07. The molecular weight excluding hydrogens is 200 g/mol. The zero-order valence-electron chi connectivity index (χ0n) is 10.5. The fourth-order valence-corrected chi connectivity index (χ4v) is 3.12. The van der Waals surface area contributed by atoms with Crippen molar-refractivity contribution in [2.45, 2.75) is 51.1 Å². The number of hydrogen-bond donors (Lipinski definition) is 2. The molecule has 16 heavy (non-hydrogen) atoms. The van der Waals surface area contributed by atoms with Crippen LogP contribution >= 0.6 is 0 Å². The molecule has 1 saturated carbocycles. The summed E-state index contributed by atoms with van der Waals surface area (Å²) in [5.41, 5.74) is 0. The molecule has 0 spiro atoms. The molecule has 0 aromatic heterocycles. The fourth-order valence-electron chi connectivity index (χ4n) is 3.12. The zero-order valence-corrected chi connectivity index (χ0v) is 10.5. The van der Waals surface area contributed by atoms with Crippen molar-refractivity contribution in [2.75, 3.05) is 26.2 Å². The summed E-state index contributed by atoms with van der Waals surface area (Å²) in [7, 11) is 0. The molecule has 1 heterocycles. The quantitative estimate of drug-likeness (QED) is 0.743. The van der Waals surface area contributed by atoms with Gasteiger partial charge in [0.25, 0.3) is 0 Å². The van der Waals surface area contributed by atoms with Gasteiger partial charge >= 0.3 is 0 Å². The van der Waals surface area contributed by atoms with Crippen molar-refractivity contribution in [1.29, 1.82) is 0 Å². The smallest absolute Gasteiger partial charge is 0.0597 e. The number of aliphatic hydroxyl groups excluding tert-OH is 1. The maximum atomic E-state index is 9.33. The van der Waals surface area contributed by atoms with Gasteiger partial charge in [0.05, 0.1) is 6.61 Å². The molecule has 0 aromatic carbocycles. The summed E-state index contributed by atoms with van der Waals surface area (Å²) < 4.78 is 0. The molecule has 2 atom stereocenters. The Balaban J connectivity index is 1.93. The Morgan fingerprint density at radius 2 is 1.94 bits per heavy atom. The van der Waals surface area contributed by atoms with E-state index in [0.717, 1.165) is 19.1 Å². The van der Waals surface area contributed by atoms with E-state index in [-0.39, 0.29) is 12.6 Å². The van der Waals surface area contributed by atoms with Gasteiger partial charge in [-0.05, 0) is 25.3 Å². The van der Waals surface area contributed by atoms with Crippen molar-refractivity contribution < 1.29 is 5.11 Å². The van der Waals surface area contributed by atoms with E-state index in [9.17, 15) is 5.11 Å². The number of rotatable bonds is 2. The van der Waals surface area contributed by atoms with Gasteiger partial charge in [-0.1, -0.05) is 26.2 Å². The highest BCUT2D eigenvalue weighted by Gasteiger charge is 2.27. The summed E-state index contributed by atoms with van der Waals surface area (Å²) in [5.74, 6) is 0.707. The maximum absolute atomic E-state index is 9.33. The lowest BCUT2D eigenvalue weighted by Crippen LogP contribution is -2.45. The van der Waals surface area contributed by atoms with Gasteiger partial charge in [0.2, 0.25) is 0 Å². The van der Waals surface area contributed by atoms with Gasteiger partial charge in [-0.3, -0.25) is 4.90 Å². The van der Waals surface area contributed by atoms with Crippen LogP contribution in [0.4, 0.5) is 0 Å². The first-order chi connectivity index (χ1) is 7.79. The lowest BCUT2D eigenvalue weighted by molar-refractivity contribution is 0.127. The fraction of sp³-hybridized carbons (Fsp3) is 1.00. The average Bonchev–Trinajstić information content (AvgIpc) is 2.52. The van der Waals surface area contributed by atoms with Crippen LogP contribution in [0.5, 0.6) is 0 Å². The molecule has 1 aliphatic heterocycles. The van der Waals surface area contributed by atoms with Crippen LogP contribution in [0.25, 0.3) is 0 Å². The normalized spacial score (nSPS) is 34.9. The molecule has 2 N–H and O–H groups in total. The molecule has 0 amide bonds. The molecule has 1 aliphatic carbocycles. The molecule has 0 radical (unpaired) electrons. The van der Waals surface area contributed by atoms with Crippen molar-refractivity contribution in [3.05, 3.63) is 0 Å². The minimum absolute atomic E-state index is 0.274. The van der Waals surface area contributed by atoms with Gasteiger partial charge in [-0.2, -0.15) is 0 Å². The van der Waals surface area contributed by atoms with Crippen LogP contribution in [0, 0.1) is 5.92 Å². The number of nitrogens with zero attached hydrogens (tertiary/aromatic N) is 1. The van der Waals surface area contributed by atoms with Gasteiger partial charge < -0.3 is 10.4 Å². The minimum atomic E-state index is 0.274. The Morgan fingerprint density at radius 1 is 1.19 bits per heavy atom. The number of aliphatic hydroxyl groups is 1. The summed E-state index contributed by atoms with van der Waals surface area (Å²) in [6, 6.07) is 1.07. The Hall–Kier alpha value is -0.120. The van der Waals surface area contributed by atoms with E-state index in [2.05, 4.69) is 17.1 Å². The summed E-state index contributed by atoms with van der Waals surface area (Å²) in [6.07, 6.45) is 6.94. The Kier molecular flexibility index (Phi) is 4.62. The lowest BCUT2D eigenvalue weighted by Gasteiger charge is -2.35. The monoisotopic (exact) mass is 226 g/mol. The molecule has 2 unspecified atom stereocenters. The Bertz CT molecular complexity index is 204. The van der Waals surface area contributed by atoms with E-state index in [1.54, 1.807) is 0 Å². The van der Waals surface area contributed by atoms with Crippen LogP contribution in [0.3, 0.4) is 0 Å². The molecule has 2 rings (SSSR count). The van der Waals surface area contributed by atoms with Gasteiger partial charge in [-0.15, -0.1) is 0 Å². The average molecular weight is 226 g/mol. The third-order valence-corrected chi connectivity index (χ3v) is 4.07. The molecule has 94 valence electrons. The van der Waals surface area contributed by atoms with E-state index < -0.39 is 0 Å². The van der Waals surface area contributed by atoms with Crippen molar-refractivity contribution in [3.8, 4) is 0 Å². The first kappa shape index (κ1) is 12.3. The van der Waals surface area contributed by atoms with Crippen LogP contribution in [0.1, 0.15) is 39.0 Å². The first-order valence-corrected chi connectivity index (χ1v) is 6.88. The van der Waals surface area contributed by atoms with Gasteiger partial charge in [0.1, 0.15) is 0 Å². The number of hydrogen-bond acceptors (Lipinski definition) is 3. The second-order valence-electron chi connectivity index (χ2n) is 5.64. The van der Waals surface area contributed by atoms with E-state index in [1.807, 2.05) is 0 Å². The summed E-state index contributed by atoms with van der Waals surface area (Å²) in [4.78, 5) is 2.63. The molecule has 3 nitrogen and oxygen atoms in total. The van der Waals surface area contributed by atoms with Crippen molar-refractivity contribution in [2.24, 2.45) is 5.92 Å². The van der Waals surface area contributed by atoms with Crippen LogP contribution in [-0.2, 0) is 0 Å². The van der Waals surface area contributed by atoms with Gasteiger partial charge in [-0.25, -0.2) is 0 Å². The predicted octanol–water partition coefficient (Wildman–Crippen LogP) is 1.22. The number of nitrogens with one attached hydrogen (secondary N) is 1. The van der Waals surface area contributed by atoms with E-state index in [0.29, 0.717) is 5.92 Å². The highest BCUT2D eigenvalue weighted by molar-refractivity contribution is 4.84. The third kappa shape index (κ3) is 3.19. The Labute approximate surface area is 99.2 Å². The Morgan fingerprint density at radius 3 is 2.62 bits per heavy atom. The van der Waals surface area contributed by atoms with E-state index >= 15 is 0 Å². The largest absolute Gasteiger partial charge is 0.395 e. The second-order valence-corrected chi connectivity index (χ2v) is 5.64. The highest BCUT2D eigenvalue weighted by atomic mass is 16.3. The minimum Gasteiger partial charge on any atom is -0.395 e. The van der Waals surface area contributed by atoms with Crippen molar-refractivity contribution in [3.63, 3.8) is 0 Å². The summed E-state index contributed by atoms with van der Waals surface area (Å²) in [6.45, 7) is 5.87. The van der Waals surface area contributed by atoms with Crippen molar-refractivity contribution >= 4 is 0 Å². The SMILES string of the molecule is CC1CNC(CO)CN(C2CCCCC2)C1. The van der Waals surface area contributed by atoms with Gasteiger partial charge in [0, 0.05) is 25.2 Å². The predicted molar refractivity (Wildman–Crippen MR) is 66.5 cm³/mol. The van der Waals surface area contributed by atoms with E-state index in [4.69, 9.17) is 0 Å². The summed E-state index contributed by atoms with van der Waals surface area (Å²) in [5, 5.41) is 12.8. The molecule has 2 fully saturated rings. The molecule has 0 aromatic rings. The second kappa shape index (κ2) is 5.99. The molecular formula is C13H26N2O. The van der Waals surface area contributed by atoms with Crippen LogP contribution < -0.4 is 5.32 Å². The molecule has 2 aliphatic rings. The van der Waals surface area contributed by atoms with Crippen molar-refractivity contribution in [1.82, 2.24) is 10.2 Å². The lowest BCUT2D eigenvalue weighted by atomic mass is 9.93. The van der Waals surface area contributed by atoms with Crippen LogP contribution in [0.15, 0.2) is 0 Å². The highest BCUT2D eigenvalue weighted by Crippen LogP contribution is 2.24. The van der Waals surface area contributed by atoms with E-state index in [1.165, 1.54) is 38.6 Å². The molecule has 3 heteroatoms. The topological polar surface area (TPSA) is 35.5 Å². The standard InChI is InChI=1S/C13H26N2O/c1-11-7-14-12(10-16)9-15(8-11)13-5-3-2-4-6-13/h11-14,16H,2-10H2,1H3. The van der Waals surface area contributed by atoms with Crippen LogP contribution in [0.2, 0.25) is 0 Å². The first-order valence-electron chi connectivity index (χ1n) is 6.88. The summed E-state index contributed by atoms with van der Waals surface area (Å²) >= 11 is 0. The van der Waals surface area contributed by atoms with Gasteiger partial charge in [0.15, 0.2) is 0 Å².